The zero-order chi connectivity index (χ0) is 11.5. The van der Waals surface area contributed by atoms with Crippen LogP contribution in [0.1, 0.15) is 25.3 Å². The zero-order valence-corrected chi connectivity index (χ0v) is 10.4. The summed E-state index contributed by atoms with van der Waals surface area (Å²) in [5, 5.41) is 0. The molecule has 16 heavy (non-hydrogen) atoms. The van der Waals surface area contributed by atoms with Crippen LogP contribution in [0.4, 0.5) is 5.82 Å². The minimum Gasteiger partial charge on any atom is -0.493 e. The molecule has 0 saturated carbocycles. The highest BCUT2D eigenvalue weighted by molar-refractivity contribution is 5.53. The maximum atomic E-state index is 5.40. The Balaban J connectivity index is 2.19. The molecule has 88 valence electrons. The molecule has 3 heteroatoms. The van der Waals surface area contributed by atoms with Crippen molar-refractivity contribution in [1.82, 2.24) is 4.98 Å². The fraction of sp³-hybridized carbons (Fsp3) is 0.615. The van der Waals surface area contributed by atoms with E-state index in [0.717, 1.165) is 36.1 Å². The third-order valence-corrected chi connectivity index (χ3v) is 3.27. The van der Waals surface area contributed by atoms with Gasteiger partial charge in [0.15, 0.2) is 11.6 Å². The first-order chi connectivity index (χ1) is 7.70. The number of anilines is 1. The summed E-state index contributed by atoms with van der Waals surface area (Å²) in [6.45, 7) is 6.54. The summed E-state index contributed by atoms with van der Waals surface area (Å²) in [4.78, 5) is 6.83. The fourth-order valence-electron chi connectivity index (χ4n) is 2.14. The highest BCUT2D eigenvalue weighted by Gasteiger charge is 2.19. The van der Waals surface area contributed by atoms with Gasteiger partial charge < -0.3 is 9.64 Å². The van der Waals surface area contributed by atoms with E-state index in [0.29, 0.717) is 0 Å². The Morgan fingerprint density at radius 2 is 2.06 bits per heavy atom. The minimum absolute atomic E-state index is 0.840. The van der Waals surface area contributed by atoms with Crippen molar-refractivity contribution >= 4 is 5.82 Å². The van der Waals surface area contributed by atoms with Gasteiger partial charge in [-0.25, -0.2) is 4.98 Å². The first-order valence-corrected chi connectivity index (χ1v) is 5.96. The number of hydrogen-bond acceptors (Lipinski definition) is 3. The lowest BCUT2D eigenvalue weighted by Gasteiger charge is -2.32. The number of aromatic nitrogens is 1. The predicted molar refractivity (Wildman–Crippen MR) is 66.1 cm³/mol. The molecule has 1 saturated heterocycles. The number of nitrogens with zero attached hydrogens (tertiary/aromatic N) is 2. The number of methoxy groups -OCH3 is 1. The van der Waals surface area contributed by atoms with Crippen LogP contribution in [0.2, 0.25) is 0 Å². The molecule has 2 rings (SSSR count). The fourth-order valence-corrected chi connectivity index (χ4v) is 2.14. The summed E-state index contributed by atoms with van der Waals surface area (Å²) in [7, 11) is 1.71. The summed E-state index contributed by atoms with van der Waals surface area (Å²) in [6.07, 6.45) is 4.41. The van der Waals surface area contributed by atoms with Gasteiger partial charge in [0.25, 0.3) is 0 Å². The van der Waals surface area contributed by atoms with Crippen LogP contribution in [-0.4, -0.2) is 25.2 Å². The van der Waals surface area contributed by atoms with Gasteiger partial charge in [0.1, 0.15) is 0 Å². The lowest BCUT2D eigenvalue weighted by Crippen LogP contribution is -2.33. The van der Waals surface area contributed by atoms with E-state index < -0.39 is 0 Å². The van der Waals surface area contributed by atoms with Crippen molar-refractivity contribution in [3.63, 3.8) is 0 Å². The molecule has 0 aliphatic carbocycles. The van der Waals surface area contributed by atoms with Crippen LogP contribution in [0.5, 0.6) is 5.75 Å². The molecule has 0 amide bonds. The van der Waals surface area contributed by atoms with E-state index in [2.05, 4.69) is 22.9 Å². The van der Waals surface area contributed by atoms with E-state index in [1.807, 2.05) is 13.1 Å². The second-order valence-corrected chi connectivity index (χ2v) is 4.71. The SMILES string of the molecule is COc1cc(C)cnc1N1CCC(C)CC1. The number of aryl methyl sites for hydroxylation is 1. The quantitative estimate of drug-likeness (QED) is 0.766. The molecule has 3 nitrogen and oxygen atoms in total. The third-order valence-electron chi connectivity index (χ3n) is 3.27. The predicted octanol–water partition coefficient (Wildman–Crippen LogP) is 2.63. The van der Waals surface area contributed by atoms with Gasteiger partial charge in [-0.1, -0.05) is 6.92 Å². The number of hydrogen-bond donors (Lipinski definition) is 0. The van der Waals surface area contributed by atoms with Gasteiger partial charge in [-0.3, -0.25) is 0 Å². The molecule has 1 aromatic rings. The van der Waals surface area contributed by atoms with E-state index in [1.165, 1.54) is 12.8 Å². The summed E-state index contributed by atoms with van der Waals surface area (Å²) in [5.41, 5.74) is 1.14. The smallest absolute Gasteiger partial charge is 0.171 e. The molecule has 0 bridgehead atoms. The van der Waals surface area contributed by atoms with Crippen LogP contribution < -0.4 is 9.64 Å². The van der Waals surface area contributed by atoms with Crippen LogP contribution in [0.25, 0.3) is 0 Å². The van der Waals surface area contributed by atoms with Crippen LogP contribution in [0.3, 0.4) is 0 Å². The average molecular weight is 220 g/mol. The monoisotopic (exact) mass is 220 g/mol. The Kier molecular flexibility index (Phi) is 3.32. The molecule has 1 aliphatic heterocycles. The lowest BCUT2D eigenvalue weighted by atomic mass is 9.99. The average Bonchev–Trinajstić information content (AvgIpc) is 2.30. The van der Waals surface area contributed by atoms with Crippen molar-refractivity contribution in [2.45, 2.75) is 26.7 Å². The normalized spacial score (nSPS) is 17.6. The van der Waals surface area contributed by atoms with Crippen molar-refractivity contribution in [2.75, 3.05) is 25.1 Å². The third kappa shape index (κ3) is 2.29. The topological polar surface area (TPSA) is 25.4 Å². The Bertz CT molecular complexity index is 357. The van der Waals surface area contributed by atoms with Crippen molar-refractivity contribution in [3.05, 3.63) is 17.8 Å². The molecule has 1 fully saturated rings. The molecule has 1 aromatic heterocycles. The molecular weight excluding hydrogens is 200 g/mol. The summed E-state index contributed by atoms with van der Waals surface area (Å²) in [6, 6.07) is 2.06. The lowest BCUT2D eigenvalue weighted by molar-refractivity contribution is 0.401. The molecule has 1 aliphatic rings. The van der Waals surface area contributed by atoms with Crippen molar-refractivity contribution < 1.29 is 4.74 Å². The number of piperidine rings is 1. The second-order valence-electron chi connectivity index (χ2n) is 4.71. The Hall–Kier alpha value is -1.25. The Morgan fingerprint density at radius 3 is 2.69 bits per heavy atom. The summed E-state index contributed by atoms with van der Waals surface area (Å²) >= 11 is 0. The van der Waals surface area contributed by atoms with Crippen molar-refractivity contribution in [3.8, 4) is 5.75 Å². The first-order valence-electron chi connectivity index (χ1n) is 5.96. The zero-order valence-electron chi connectivity index (χ0n) is 10.4. The number of ether oxygens (including phenoxy) is 1. The van der Waals surface area contributed by atoms with Crippen LogP contribution in [-0.2, 0) is 0 Å². The van der Waals surface area contributed by atoms with Crippen LogP contribution in [0.15, 0.2) is 12.3 Å². The summed E-state index contributed by atoms with van der Waals surface area (Å²) < 4.78 is 5.40. The van der Waals surface area contributed by atoms with E-state index in [-0.39, 0.29) is 0 Å². The van der Waals surface area contributed by atoms with Gasteiger partial charge >= 0.3 is 0 Å². The minimum atomic E-state index is 0.840. The van der Waals surface area contributed by atoms with E-state index in [1.54, 1.807) is 7.11 Å². The van der Waals surface area contributed by atoms with E-state index in [9.17, 15) is 0 Å². The first kappa shape index (κ1) is 11.2. The molecule has 0 atom stereocenters. The molecule has 0 spiro atoms. The molecule has 0 aromatic carbocycles. The van der Waals surface area contributed by atoms with Gasteiger partial charge in [-0.15, -0.1) is 0 Å². The number of pyridine rings is 1. The molecule has 0 N–H and O–H groups in total. The Morgan fingerprint density at radius 1 is 1.38 bits per heavy atom. The summed E-state index contributed by atoms with van der Waals surface area (Å²) in [5.74, 6) is 2.74. The van der Waals surface area contributed by atoms with Crippen LogP contribution in [0, 0.1) is 12.8 Å². The maximum Gasteiger partial charge on any atom is 0.171 e. The molecule has 0 radical (unpaired) electrons. The molecular formula is C13H20N2O. The highest BCUT2D eigenvalue weighted by Crippen LogP contribution is 2.29. The van der Waals surface area contributed by atoms with Gasteiger partial charge in [-0.2, -0.15) is 0 Å². The standard InChI is InChI=1S/C13H20N2O/c1-10-4-6-15(7-5-10)13-12(16-3)8-11(2)9-14-13/h8-10H,4-7H2,1-3H3. The molecule has 0 unspecified atom stereocenters. The maximum absolute atomic E-state index is 5.40. The molecule has 2 heterocycles. The largest absolute Gasteiger partial charge is 0.493 e. The highest BCUT2D eigenvalue weighted by atomic mass is 16.5. The van der Waals surface area contributed by atoms with Gasteiger partial charge in [0, 0.05) is 19.3 Å². The second kappa shape index (κ2) is 4.73. The van der Waals surface area contributed by atoms with Gasteiger partial charge in [0.2, 0.25) is 0 Å². The van der Waals surface area contributed by atoms with Crippen molar-refractivity contribution in [2.24, 2.45) is 5.92 Å². The van der Waals surface area contributed by atoms with E-state index >= 15 is 0 Å². The van der Waals surface area contributed by atoms with Crippen LogP contribution >= 0.6 is 0 Å². The Labute approximate surface area is 97.4 Å². The van der Waals surface area contributed by atoms with Gasteiger partial charge in [-0.05, 0) is 37.3 Å². The number of rotatable bonds is 2. The van der Waals surface area contributed by atoms with E-state index in [4.69, 9.17) is 4.74 Å². The van der Waals surface area contributed by atoms with Gasteiger partial charge in [0.05, 0.1) is 7.11 Å². The van der Waals surface area contributed by atoms with Crippen molar-refractivity contribution in [1.29, 1.82) is 0 Å².